The molecular weight excluding hydrogens is 364 g/mol. The van der Waals surface area contributed by atoms with Gasteiger partial charge in [0.2, 0.25) is 5.91 Å². The van der Waals surface area contributed by atoms with E-state index in [2.05, 4.69) is 0 Å². The number of anilines is 1. The minimum absolute atomic E-state index is 0.0150. The zero-order valence-electron chi connectivity index (χ0n) is 16.0. The largest absolute Gasteiger partial charge is 0.482 e. The van der Waals surface area contributed by atoms with Crippen molar-refractivity contribution in [1.82, 2.24) is 4.90 Å². The van der Waals surface area contributed by atoms with E-state index in [4.69, 9.17) is 4.74 Å². The summed E-state index contributed by atoms with van der Waals surface area (Å²) in [6.07, 6.45) is 0. The zero-order valence-corrected chi connectivity index (χ0v) is 16.0. The van der Waals surface area contributed by atoms with Crippen molar-refractivity contribution in [2.24, 2.45) is 0 Å². The van der Waals surface area contributed by atoms with Gasteiger partial charge in [-0.15, -0.1) is 0 Å². The summed E-state index contributed by atoms with van der Waals surface area (Å²) in [5, 5.41) is 0. The van der Waals surface area contributed by atoms with Gasteiger partial charge < -0.3 is 9.64 Å². The molecule has 0 saturated heterocycles. The fraction of sp³-hybridized carbons (Fsp3) is 0.167. The van der Waals surface area contributed by atoms with Crippen LogP contribution in [0.4, 0.5) is 5.69 Å². The second-order valence-corrected chi connectivity index (χ2v) is 6.96. The number of amides is 2. The maximum absolute atomic E-state index is 13.3. The first-order valence-electron chi connectivity index (χ1n) is 9.58. The molecule has 0 N–H and O–H groups in total. The number of carbonyl (C=O) groups excluding carboxylic acids is 2. The number of benzene rings is 3. The van der Waals surface area contributed by atoms with Gasteiger partial charge in [-0.2, -0.15) is 0 Å². The molecule has 29 heavy (non-hydrogen) atoms. The van der Waals surface area contributed by atoms with Crippen LogP contribution in [0.25, 0.3) is 0 Å². The van der Waals surface area contributed by atoms with Gasteiger partial charge in [0, 0.05) is 13.1 Å². The fourth-order valence-corrected chi connectivity index (χ4v) is 3.40. The summed E-state index contributed by atoms with van der Waals surface area (Å²) in [4.78, 5) is 29.0. The number of ether oxygens (including phenoxy) is 1. The Labute approximate surface area is 170 Å². The van der Waals surface area contributed by atoms with Crippen LogP contribution in [0.1, 0.15) is 11.1 Å². The molecule has 146 valence electrons. The third kappa shape index (κ3) is 4.46. The molecule has 0 aromatic heterocycles. The first-order valence-corrected chi connectivity index (χ1v) is 9.58. The molecule has 0 saturated carbocycles. The van der Waals surface area contributed by atoms with E-state index in [0.717, 1.165) is 11.1 Å². The molecule has 3 aromatic carbocycles. The summed E-state index contributed by atoms with van der Waals surface area (Å²) < 4.78 is 5.48. The van der Waals surface area contributed by atoms with Crippen LogP contribution in [-0.4, -0.2) is 29.9 Å². The molecule has 3 aromatic rings. The Morgan fingerprint density at radius 1 is 0.828 bits per heavy atom. The predicted octanol–water partition coefficient (Wildman–Crippen LogP) is 3.64. The maximum Gasteiger partial charge on any atom is 0.265 e. The Morgan fingerprint density at radius 3 is 2.00 bits per heavy atom. The number of rotatable bonds is 6. The van der Waals surface area contributed by atoms with Crippen molar-refractivity contribution in [2.45, 2.75) is 13.1 Å². The van der Waals surface area contributed by atoms with Gasteiger partial charge in [0.15, 0.2) is 6.61 Å². The highest BCUT2D eigenvalue weighted by Crippen LogP contribution is 2.31. The highest BCUT2D eigenvalue weighted by Gasteiger charge is 2.28. The van der Waals surface area contributed by atoms with Gasteiger partial charge in [0.05, 0.1) is 5.69 Å². The monoisotopic (exact) mass is 386 g/mol. The minimum atomic E-state index is -0.212. The number of hydrogen-bond acceptors (Lipinski definition) is 3. The number of hydrogen-bond donors (Lipinski definition) is 0. The van der Waals surface area contributed by atoms with Crippen LogP contribution in [0.5, 0.6) is 5.75 Å². The van der Waals surface area contributed by atoms with Crippen LogP contribution in [0.15, 0.2) is 84.9 Å². The van der Waals surface area contributed by atoms with Crippen molar-refractivity contribution in [3.8, 4) is 5.75 Å². The minimum Gasteiger partial charge on any atom is -0.482 e. The van der Waals surface area contributed by atoms with Crippen LogP contribution in [-0.2, 0) is 22.7 Å². The van der Waals surface area contributed by atoms with E-state index in [9.17, 15) is 9.59 Å². The van der Waals surface area contributed by atoms with Crippen LogP contribution in [0.2, 0.25) is 0 Å². The Kier molecular flexibility index (Phi) is 5.56. The van der Waals surface area contributed by atoms with Gasteiger partial charge in [-0.25, -0.2) is 0 Å². The third-order valence-electron chi connectivity index (χ3n) is 4.89. The van der Waals surface area contributed by atoms with E-state index in [1.54, 1.807) is 11.0 Å². The van der Waals surface area contributed by atoms with E-state index in [1.807, 2.05) is 78.9 Å². The topological polar surface area (TPSA) is 49.9 Å². The molecule has 0 atom stereocenters. The number of nitrogens with zero attached hydrogens (tertiary/aromatic N) is 2. The third-order valence-corrected chi connectivity index (χ3v) is 4.89. The molecule has 1 heterocycles. The van der Waals surface area contributed by atoms with Crippen LogP contribution < -0.4 is 9.64 Å². The quantitative estimate of drug-likeness (QED) is 0.650. The first-order chi connectivity index (χ1) is 14.2. The zero-order chi connectivity index (χ0) is 20.1. The molecule has 1 aliphatic rings. The van der Waals surface area contributed by atoms with Crippen LogP contribution in [0, 0.1) is 0 Å². The first kappa shape index (κ1) is 18.7. The van der Waals surface area contributed by atoms with Crippen LogP contribution in [0.3, 0.4) is 0 Å². The average Bonchev–Trinajstić information content (AvgIpc) is 2.76. The predicted molar refractivity (Wildman–Crippen MR) is 111 cm³/mol. The van der Waals surface area contributed by atoms with Gasteiger partial charge in [0.25, 0.3) is 5.91 Å². The van der Waals surface area contributed by atoms with Crippen molar-refractivity contribution in [1.29, 1.82) is 0 Å². The summed E-state index contributed by atoms with van der Waals surface area (Å²) in [5.74, 6) is 0.303. The normalized spacial score (nSPS) is 12.8. The smallest absolute Gasteiger partial charge is 0.265 e. The molecular formula is C24H22N2O3. The standard InChI is InChI=1S/C24H22N2O3/c27-23(17-26-21-13-7-8-14-22(21)29-18-24(26)28)25(15-19-9-3-1-4-10-19)16-20-11-5-2-6-12-20/h1-14H,15-18H2. The number of fused-ring (bicyclic) bond motifs is 1. The number of carbonyl (C=O) groups is 2. The van der Waals surface area contributed by atoms with E-state index in [-0.39, 0.29) is 25.0 Å². The summed E-state index contributed by atoms with van der Waals surface area (Å²) in [6.45, 7) is 0.893. The van der Waals surface area contributed by atoms with E-state index in [1.165, 1.54) is 4.90 Å². The van der Waals surface area contributed by atoms with E-state index >= 15 is 0 Å². The summed E-state index contributed by atoms with van der Waals surface area (Å²) in [7, 11) is 0. The Morgan fingerprint density at radius 2 is 1.38 bits per heavy atom. The molecule has 0 radical (unpaired) electrons. The van der Waals surface area contributed by atoms with E-state index < -0.39 is 0 Å². The fourth-order valence-electron chi connectivity index (χ4n) is 3.40. The van der Waals surface area contributed by atoms with E-state index in [0.29, 0.717) is 24.5 Å². The van der Waals surface area contributed by atoms with Crippen molar-refractivity contribution in [3.63, 3.8) is 0 Å². The van der Waals surface area contributed by atoms with Gasteiger partial charge in [-0.3, -0.25) is 14.5 Å². The molecule has 0 unspecified atom stereocenters. The lowest BCUT2D eigenvalue weighted by Gasteiger charge is -2.31. The Balaban J connectivity index is 1.57. The van der Waals surface area contributed by atoms with Gasteiger partial charge >= 0.3 is 0 Å². The second-order valence-electron chi connectivity index (χ2n) is 6.96. The van der Waals surface area contributed by atoms with Crippen molar-refractivity contribution >= 4 is 17.5 Å². The SMILES string of the molecule is O=C(CN1C(=O)COc2ccccc21)N(Cc1ccccc1)Cc1ccccc1. The molecule has 4 rings (SSSR count). The second kappa shape index (κ2) is 8.61. The van der Waals surface area contributed by atoms with Crippen molar-refractivity contribution in [3.05, 3.63) is 96.1 Å². The molecule has 5 nitrogen and oxygen atoms in total. The molecule has 0 spiro atoms. The summed E-state index contributed by atoms with van der Waals surface area (Å²) in [6, 6.07) is 27.1. The number of para-hydroxylation sites is 2. The molecule has 1 aliphatic heterocycles. The Bertz CT molecular complexity index is 948. The van der Waals surface area contributed by atoms with Crippen molar-refractivity contribution < 1.29 is 14.3 Å². The maximum atomic E-state index is 13.3. The molecule has 0 bridgehead atoms. The molecule has 2 amide bonds. The summed E-state index contributed by atoms with van der Waals surface area (Å²) in [5.41, 5.74) is 2.73. The van der Waals surface area contributed by atoms with Gasteiger partial charge in [-0.05, 0) is 23.3 Å². The van der Waals surface area contributed by atoms with Crippen molar-refractivity contribution in [2.75, 3.05) is 18.1 Å². The average molecular weight is 386 g/mol. The van der Waals surface area contributed by atoms with Gasteiger partial charge in [-0.1, -0.05) is 72.8 Å². The lowest BCUT2D eigenvalue weighted by molar-refractivity contribution is -0.133. The Hall–Kier alpha value is -3.60. The molecule has 0 fully saturated rings. The highest BCUT2D eigenvalue weighted by atomic mass is 16.5. The van der Waals surface area contributed by atoms with Crippen LogP contribution >= 0.6 is 0 Å². The highest BCUT2D eigenvalue weighted by molar-refractivity contribution is 6.02. The lowest BCUT2D eigenvalue weighted by Crippen LogP contribution is -2.46. The molecule has 5 heteroatoms. The van der Waals surface area contributed by atoms with Gasteiger partial charge in [0.1, 0.15) is 12.3 Å². The lowest BCUT2D eigenvalue weighted by atomic mass is 10.1. The summed E-state index contributed by atoms with van der Waals surface area (Å²) >= 11 is 0. The molecule has 0 aliphatic carbocycles.